The Morgan fingerprint density at radius 1 is 1.25 bits per heavy atom. The second kappa shape index (κ2) is 7.41. The molecule has 0 atom stereocenters. The second-order valence-corrected chi connectivity index (χ2v) is 6.19. The summed E-state index contributed by atoms with van der Waals surface area (Å²) in [4.78, 5) is 15.1. The Bertz CT molecular complexity index is 304. The molecule has 0 bridgehead atoms. The topological polar surface area (TPSA) is 41.6 Å². The number of carbonyl (C=O) groups is 1. The molecule has 2 rings (SSSR count). The largest absolute Gasteiger partial charge is 0.465 e. The lowest BCUT2D eigenvalue weighted by atomic mass is 9.74. The summed E-state index contributed by atoms with van der Waals surface area (Å²) in [6.45, 7) is 8.69. The summed E-state index contributed by atoms with van der Waals surface area (Å²) in [5.74, 6) is 0.819. The highest BCUT2D eigenvalue weighted by Gasteiger charge is 2.47. The number of esters is 1. The van der Waals surface area contributed by atoms with E-state index in [0.717, 1.165) is 51.4 Å². The predicted octanol–water partition coefficient (Wildman–Crippen LogP) is 2.18. The Kier molecular flexibility index (Phi) is 5.85. The Morgan fingerprint density at radius 2 is 2.00 bits per heavy atom. The number of hydrogen-bond donors (Lipinski definition) is 1. The van der Waals surface area contributed by atoms with Crippen LogP contribution in [0.5, 0.6) is 0 Å². The van der Waals surface area contributed by atoms with Gasteiger partial charge in [0.1, 0.15) is 5.54 Å². The first-order valence-corrected chi connectivity index (χ1v) is 8.36. The van der Waals surface area contributed by atoms with E-state index in [0.29, 0.717) is 6.61 Å². The molecule has 1 aliphatic carbocycles. The second-order valence-electron chi connectivity index (χ2n) is 6.19. The lowest BCUT2D eigenvalue weighted by molar-refractivity contribution is -0.161. The lowest BCUT2D eigenvalue weighted by Gasteiger charge is -2.45. The van der Waals surface area contributed by atoms with Crippen LogP contribution in [0, 0.1) is 5.92 Å². The van der Waals surface area contributed by atoms with Crippen LogP contribution in [0.4, 0.5) is 0 Å². The molecule has 2 aliphatic rings. The van der Waals surface area contributed by atoms with Gasteiger partial charge >= 0.3 is 5.97 Å². The van der Waals surface area contributed by atoms with Gasteiger partial charge in [0, 0.05) is 19.6 Å². The molecule has 4 heteroatoms. The minimum atomic E-state index is -0.340. The Hall–Kier alpha value is -0.610. The van der Waals surface area contributed by atoms with Gasteiger partial charge in [-0.25, -0.2) is 0 Å². The van der Waals surface area contributed by atoms with Crippen LogP contribution in [0.25, 0.3) is 0 Å². The minimum Gasteiger partial charge on any atom is -0.465 e. The van der Waals surface area contributed by atoms with Crippen molar-refractivity contribution in [2.24, 2.45) is 5.92 Å². The number of nitrogens with zero attached hydrogens (tertiary/aromatic N) is 1. The van der Waals surface area contributed by atoms with Crippen LogP contribution >= 0.6 is 0 Å². The van der Waals surface area contributed by atoms with Gasteiger partial charge in [-0.15, -0.1) is 0 Å². The smallest absolute Gasteiger partial charge is 0.326 e. The highest BCUT2D eigenvalue weighted by molar-refractivity contribution is 5.81. The van der Waals surface area contributed by atoms with Crippen LogP contribution in [0.15, 0.2) is 0 Å². The van der Waals surface area contributed by atoms with Gasteiger partial charge in [-0.2, -0.15) is 0 Å². The van der Waals surface area contributed by atoms with E-state index < -0.39 is 0 Å². The third-order valence-electron chi connectivity index (χ3n) is 5.11. The normalized spacial score (nSPS) is 32.6. The fourth-order valence-electron chi connectivity index (χ4n) is 3.75. The van der Waals surface area contributed by atoms with Crippen LogP contribution in [-0.4, -0.2) is 49.2 Å². The van der Waals surface area contributed by atoms with E-state index in [1.54, 1.807) is 0 Å². The molecule has 2 fully saturated rings. The molecule has 0 radical (unpaired) electrons. The van der Waals surface area contributed by atoms with Crippen LogP contribution in [0.2, 0.25) is 0 Å². The fourth-order valence-corrected chi connectivity index (χ4v) is 3.75. The van der Waals surface area contributed by atoms with Crippen molar-refractivity contribution in [1.29, 1.82) is 0 Å². The van der Waals surface area contributed by atoms with Gasteiger partial charge in [0.05, 0.1) is 6.61 Å². The van der Waals surface area contributed by atoms with Crippen molar-refractivity contribution in [3.63, 3.8) is 0 Å². The van der Waals surface area contributed by atoms with Gasteiger partial charge in [-0.05, 0) is 51.5 Å². The fraction of sp³-hybridized carbons (Fsp3) is 0.938. The number of hydrogen-bond acceptors (Lipinski definition) is 4. The summed E-state index contributed by atoms with van der Waals surface area (Å²) in [6, 6.07) is 0. The van der Waals surface area contributed by atoms with Crippen LogP contribution in [0.1, 0.15) is 52.4 Å². The summed E-state index contributed by atoms with van der Waals surface area (Å²) in [6.07, 6.45) is 6.64. The van der Waals surface area contributed by atoms with Crippen molar-refractivity contribution < 1.29 is 9.53 Å². The zero-order valence-corrected chi connectivity index (χ0v) is 13.1. The van der Waals surface area contributed by atoms with E-state index in [2.05, 4.69) is 17.1 Å². The molecular formula is C16H30N2O2. The molecule has 0 unspecified atom stereocenters. The minimum absolute atomic E-state index is 0.0245. The molecule has 0 aromatic rings. The molecule has 1 heterocycles. The van der Waals surface area contributed by atoms with Gasteiger partial charge < -0.3 is 10.1 Å². The van der Waals surface area contributed by atoms with E-state index in [-0.39, 0.29) is 11.5 Å². The molecular weight excluding hydrogens is 252 g/mol. The molecule has 1 aliphatic heterocycles. The van der Waals surface area contributed by atoms with E-state index in [1.807, 2.05) is 6.92 Å². The van der Waals surface area contributed by atoms with E-state index in [1.165, 1.54) is 19.3 Å². The summed E-state index contributed by atoms with van der Waals surface area (Å²) in [5.41, 5.74) is -0.340. The zero-order valence-electron chi connectivity index (χ0n) is 13.1. The monoisotopic (exact) mass is 282 g/mol. The van der Waals surface area contributed by atoms with Crippen LogP contribution < -0.4 is 5.32 Å². The maximum absolute atomic E-state index is 12.6. The first-order chi connectivity index (χ1) is 9.73. The Morgan fingerprint density at radius 3 is 2.65 bits per heavy atom. The van der Waals surface area contributed by atoms with Crippen molar-refractivity contribution >= 4 is 5.97 Å². The van der Waals surface area contributed by atoms with Gasteiger partial charge in [0.25, 0.3) is 0 Å². The average molecular weight is 282 g/mol. The quantitative estimate of drug-likeness (QED) is 0.803. The van der Waals surface area contributed by atoms with Crippen LogP contribution in [0.3, 0.4) is 0 Å². The number of nitrogens with one attached hydrogen (secondary N) is 1. The lowest BCUT2D eigenvalue weighted by Crippen LogP contribution is -2.58. The highest BCUT2D eigenvalue weighted by atomic mass is 16.5. The van der Waals surface area contributed by atoms with Gasteiger partial charge in [-0.1, -0.05) is 13.3 Å². The van der Waals surface area contributed by atoms with Gasteiger partial charge in [0.15, 0.2) is 0 Å². The average Bonchev–Trinajstić information content (AvgIpc) is 2.77. The molecule has 0 spiro atoms. The maximum atomic E-state index is 12.6. The Labute approximate surface area is 123 Å². The van der Waals surface area contributed by atoms with E-state index >= 15 is 0 Å². The van der Waals surface area contributed by atoms with E-state index in [9.17, 15) is 4.79 Å². The standard InChI is InChI=1S/C16H30N2O2/c1-3-14-6-8-16(9-7-14,15(19)20-4-2)18-12-5-10-17-11-13-18/h14,17H,3-13H2,1-2H3. The molecule has 0 amide bonds. The van der Waals surface area contributed by atoms with Crippen molar-refractivity contribution in [2.45, 2.75) is 57.9 Å². The zero-order chi connectivity index (χ0) is 14.4. The molecule has 0 aromatic heterocycles. The van der Waals surface area contributed by atoms with Gasteiger partial charge in [-0.3, -0.25) is 9.69 Å². The third-order valence-corrected chi connectivity index (χ3v) is 5.11. The predicted molar refractivity (Wildman–Crippen MR) is 80.7 cm³/mol. The summed E-state index contributed by atoms with van der Waals surface area (Å²) in [5, 5.41) is 3.43. The number of rotatable bonds is 4. The Balaban J connectivity index is 2.13. The van der Waals surface area contributed by atoms with Crippen LogP contribution in [-0.2, 0) is 9.53 Å². The molecule has 4 nitrogen and oxygen atoms in total. The molecule has 116 valence electrons. The van der Waals surface area contributed by atoms with E-state index in [4.69, 9.17) is 4.74 Å². The van der Waals surface area contributed by atoms with Crippen molar-refractivity contribution in [3.05, 3.63) is 0 Å². The summed E-state index contributed by atoms with van der Waals surface area (Å²) < 4.78 is 5.45. The molecule has 1 N–H and O–H groups in total. The molecule has 20 heavy (non-hydrogen) atoms. The maximum Gasteiger partial charge on any atom is 0.326 e. The SMILES string of the molecule is CCOC(=O)C1(N2CCCNCC2)CCC(CC)CC1. The number of ether oxygens (including phenoxy) is 1. The first-order valence-electron chi connectivity index (χ1n) is 8.36. The van der Waals surface area contributed by atoms with Gasteiger partial charge in [0.2, 0.25) is 0 Å². The summed E-state index contributed by atoms with van der Waals surface area (Å²) in [7, 11) is 0. The first kappa shape index (κ1) is 15.8. The number of carbonyl (C=O) groups excluding carboxylic acids is 1. The molecule has 1 saturated heterocycles. The molecule has 0 aromatic carbocycles. The van der Waals surface area contributed by atoms with Crippen molar-refractivity contribution in [3.8, 4) is 0 Å². The summed E-state index contributed by atoms with van der Waals surface area (Å²) >= 11 is 0. The third kappa shape index (κ3) is 3.34. The molecule has 1 saturated carbocycles. The van der Waals surface area contributed by atoms with Crippen molar-refractivity contribution in [1.82, 2.24) is 10.2 Å². The highest BCUT2D eigenvalue weighted by Crippen LogP contribution is 2.39. The van der Waals surface area contributed by atoms with Crippen molar-refractivity contribution in [2.75, 3.05) is 32.8 Å².